The molecular formula is C20H16FN5O4. The summed E-state index contributed by atoms with van der Waals surface area (Å²) < 4.78 is 16.2. The number of nitrogens with zero attached hydrogens (tertiary/aromatic N) is 4. The van der Waals surface area contributed by atoms with Gasteiger partial charge in [-0.05, 0) is 37.6 Å². The van der Waals surface area contributed by atoms with Crippen molar-refractivity contribution >= 4 is 17.4 Å². The molecule has 30 heavy (non-hydrogen) atoms. The van der Waals surface area contributed by atoms with E-state index < -0.39 is 28.8 Å². The molecule has 0 saturated carbocycles. The lowest BCUT2D eigenvalue weighted by Crippen LogP contribution is -2.27. The number of carbonyl (C=O) groups is 1. The number of hydrogen-bond donors (Lipinski definition) is 1. The van der Waals surface area contributed by atoms with Crippen LogP contribution in [0.4, 0.5) is 15.9 Å². The zero-order valence-corrected chi connectivity index (χ0v) is 16.0. The summed E-state index contributed by atoms with van der Waals surface area (Å²) in [5, 5.41) is 23.1. The summed E-state index contributed by atoms with van der Waals surface area (Å²) in [6.07, 6.45) is 0.967. The van der Waals surface area contributed by atoms with Crippen LogP contribution in [0.25, 0.3) is 5.69 Å². The van der Waals surface area contributed by atoms with Crippen LogP contribution in [0.5, 0.6) is 0 Å². The molecule has 3 aromatic rings. The van der Waals surface area contributed by atoms with E-state index in [1.165, 1.54) is 22.8 Å². The molecular weight excluding hydrogens is 393 g/mol. The Morgan fingerprint density at radius 2 is 2.03 bits per heavy atom. The highest BCUT2D eigenvalue weighted by Gasteiger charge is 2.21. The van der Waals surface area contributed by atoms with Gasteiger partial charge in [0.05, 0.1) is 22.4 Å². The first kappa shape index (κ1) is 20.5. The fourth-order valence-corrected chi connectivity index (χ4v) is 3.08. The average Bonchev–Trinajstić information content (AvgIpc) is 2.92. The Morgan fingerprint density at radius 1 is 1.30 bits per heavy atom. The molecule has 0 fully saturated rings. The highest BCUT2D eigenvalue weighted by molar-refractivity contribution is 5.92. The number of aromatic nitrogens is 2. The second-order valence-electron chi connectivity index (χ2n) is 6.52. The molecule has 2 heterocycles. The number of carbonyl (C=O) groups excluding carboxylic acids is 1. The molecule has 0 aliphatic carbocycles. The van der Waals surface area contributed by atoms with Crippen LogP contribution in [0, 0.1) is 41.1 Å². The number of benzene rings is 1. The number of halogens is 1. The topological polar surface area (TPSA) is 123 Å². The molecule has 3 rings (SSSR count). The molecule has 9 nitrogen and oxygen atoms in total. The van der Waals surface area contributed by atoms with Gasteiger partial charge < -0.3 is 5.32 Å². The smallest absolute Gasteiger partial charge is 0.285 e. The van der Waals surface area contributed by atoms with Crippen molar-refractivity contribution in [2.75, 3.05) is 5.32 Å². The fourth-order valence-electron chi connectivity index (χ4n) is 3.08. The van der Waals surface area contributed by atoms with E-state index >= 15 is 0 Å². The lowest BCUT2D eigenvalue weighted by Gasteiger charge is -2.14. The van der Waals surface area contributed by atoms with Gasteiger partial charge in [0.1, 0.15) is 24.2 Å². The molecule has 1 aromatic carbocycles. The number of nitro groups is 1. The molecule has 152 valence electrons. The zero-order chi connectivity index (χ0) is 22.0. The molecule has 0 aliphatic heterocycles. The predicted molar refractivity (Wildman–Crippen MR) is 106 cm³/mol. The molecule has 0 radical (unpaired) electrons. The third-order valence-electron chi connectivity index (χ3n) is 4.64. The summed E-state index contributed by atoms with van der Waals surface area (Å²) in [7, 11) is 0. The van der Waals surface area contributed by atoms with Crippen molar-refractivity contribution in [1.29, 1.82) is 5.26 Å². The summed E-state index contributed by atoms with van der Waals surface area (Å²) in [4.78, 5) is 34.8. The van der Waals surface area contributed by atoms with Gasteiger partial charge in [0, 0.05) is 17.8 Å². The number of rotatable bonds is 5. The quantitative estimate of drug-likeness (QED) is 0.513. The van der Waals surface area contributed by atoms with Crippen LogP contribution >= 0.6 is 0 Å². The van der Waals surface area contributed by atoms with Crippen molar-refractivity contribution in [2.24, 2.45) is 0 Å². The summed E-state index contributed by atoms with van der Waals surface area (Å²) >= 11 is 0. The molecule has 0 saturated heterocycles. The third kappa shape index (κ3) is 3.81. The molecule has 1 N–H and O–H groups in total. The number of nitriles is 1. The predicted octanol–water partition coefficient (Wildman–Crippen LogP) is 2.81. The second-order valence-corrected chi connectivity index (χ2v) is 6.52. The SMILES string of the molecule is Cc1c(C#N)c(NC(=O)Cn2cc([N+](=O)[O-])ccc2=O)n(-c2cccc(F)c2)c1C. The Hall–Kier alpha value is -4.26. The number of nitrogens with one attached hydrogen (secondary N) is 1. The van der Waals surface area contributed by atoms with Gasteiger partial charge in [0.15, 0.2) is 0 Å². The lowest BCUT2D eigenvalue weighted by molar-refractivity contribution is -0.385. The molecule has 2 aromatic heterocycles. The van der Waals surface area contributed by atoms with Crippen molar-refractivity contribution in [3.05, 3.63) is 85.7 Å². The van der Waals surface area contributed by atoms with Gasteiger partial charge in [-0.1, -0.05) is 6.07 Å². The highest BCUT2D eigenvalue weighted by atomic mass is 19.1. The van der Waals surface area contributed by atoms with Crippen LogP contribution in [-0.4, -0.2) is 20.0 Å². The van der Waals surface area contributed by atoms with Gasteiger partial charge in [-0.3, -0.25) is 28.8 Å². The van der Waals surface area contributed by atoms with Crippen LogP contribution in [0.15, 0.2) is 47.4 Å². The first-order chi connectivity index (χ1) is 14.2. The largest absolute Gasteiger partial charge is 0.309 e. The van der Waals surface area contributed by atoms with Crippen molar-refractivity contribution in [3.8, 4) is 11.8 Å². The maximum atomic E-state index is 13.7. The summed E-state index contributed by atoms with van der Waals surface area (Å²) in [6, 6.07) is 9.72. The molecule has 0 bridgehead atoms. The van der Waals surface area contributed by atoms with E-state index in [9.17, 15) is 29.4 Å². The molecule has 0 spiro atoms. The Labute approximate surface area is 169 Å². The fraction of sp³-hybridized carbons (Fsp3) is 0.150. The van der Waals surface area contributed by atoms with E-state index in [2.05, 4.69) is 5.32 Å². The number of anilines is 1. The standard InChI is InChI=1S/C20H16FN5O4/c1-12-13(2)25(15-5-3-4-14(21)8-15)20(17(12)9-22)23-18(27)11-24-10-16(26(29)30)6-7-19(24)28/h3-8,10H,11H2,1-2H3,(H,23,27). The van der Waals surface area contributed by atoms with Crippen LogP contribution in [0.3, 0.4) is 0 Å². The molecule has 0 aliphatic rings. The van der Waals surface area contributed by atoms with E-state index in [1.54, 1.807) is 19.9 Å². The van der Waals surface area contributed by atoms with E-state index in [-0.39, 0.29) is 17.1 Å². The molecule has 0 atom stereocenters. The van der Waals surface area contributed by atoms with Crippen LogP contribution in [0.2, 0.25) is 0 Å². The lowest BCUT2D eigenvalue weighted by atomic mass is 10.2. The van der Waals surface area contributed by atoms with Gasteiger partial charge in [-0.25, -0.2) is 4.39 Å². The van der Waals surface area contributed by atoms with E-state index in [1.807, 2.05) is 6.07 Å². The maximum absolute atomic E-state index is 13.7. The number of pyridine rings is 1. The van der Waals surface area contributed by atoms with Gasteiger partial charge in [0.25, 0.3) is 11.2 Å². The average molecular weight is 409 g/mol. The summed E-state index contributed by atoms with van der Waals surface area (Å²) in [5.41, 5.74) is 0.889. The first-order valence-corrected chi connectivity index (χ1v) is 8.75. The Bertz CT molecular complexity index is 1270. The van der Waals surface area contributed by atoms with Crippen molar-refractivity contribution in [1.82, 2.24) is 9.13 Å². The minimum absolute atomic E-state index is 0.126. The minimum Gasteiger partial charge on any atom is -0.309 e. The van der Waals surface area contributed by atoms with Crippen LogP contribution in [0.1, 0.15) is 16.8 Å². The van der Waals surface area contributed by atoms with Gasteiger partial charge >= 0.3 is 0 Å². The highest BCUT2D eigenvalue weighted by Crippen LogP contribution is 2.30. The van der Waals surface area contributed by atoms with Gasteiger partial charge in [0.2, 0.25) is 5.91 Å². The Morgan fingerprint density at radius 3 is 2.67 bits per heavy atom. The second kappa shape index (κ2) is 8.00. The van der Waals surface area contributed by atoms with Crippen molar-refractivity contribution in [2.45, 2.75) is 20.4 Å². The van der Waals surface area contributed by atoms with E-state index in [0.717, 1.165) is 22.9 Å². The number of hydrogen-bond acceptors (Lipinski definition) is 5. The van der Waals surface area contributed by atoms with Crippen molar-refractivity contribution < 1.29 is 14.1 Å². The maximum Gasteiger partial charge on any atom is 0.285 e. The Kier molecular flexibility index (Phi) is 5.46. The molecule has 0 unspecified atom stereocenters. The Balaban J connectivity index is 2.01. The van der Waals surface area contributed by atoms with E-state index in [4.69, 9.17) is 0 Å². The normalized spacial score (nSPS) is 10.5. The van der Waals surface area contributed by atoms with Gasteiger partial charge in [-0.2, -0.15) is 5.26 Å². The summed E-state index contributed by atoms with van der Waals surface area (Å²) in [6.45, 7) is 2.92. The monoisotopic (exact) mass is 409 g/mol. The van der Waals surface area contributed by atoms with E-state index in [0.29, 0.717) is 16.9 Å². The first-order valence-electron chi connectivity index (χ1n) is 8.75. The van der Waals surface area contributed by atoms with Crippen LogP contribution in [-0.2, 0) is 11.3 Å². The molecule has 10 heteroatoms. The third-order valence-corrected chi connectivity index (χ3v) is 4.64. The van der Waals surface area contributed by atoms with Crippen LogP contribution < -0.4 is 10.9 Å². The minimum atomic E-state index is -0.677. The number of amides is 1. The summed E-state index contributed by atoms with van der Waals surface area (Å²) in [5.74, 6) is -1.04. The molecule has 1 amide bonds. The zero-order valence-electron chi connectivity index (χ0n) is 16.0. The van der Waals surface area contributed by atoms with Gasteiger partial charge in [-0.15, -0.1) is 0 Å². The van der Waals surface area contributed by atoms with Crippen molar-refractivity contribution in [3.63, 3.8) is 0 Å².